The standard InChI is InChI=1S/C22H31NO/c1-3-15-21(23,16-4-2)17-18-22(24,19-11-7-5-8-12-19)20-13-9-6-10-14-20/h5-14,24H,3-4,15-18,23H2,1-2H3. The first-order valence-electron chi connectivity index (χ1n) is 9.16. The van der Waals surface area contributed by atoms with Gasteiger partial charge in [-0.15, -0.1) is 0 Å². The minimum absolute atomic E-state index is 0.193. The van der Waals surface area contributed by atoms with Gasteiger partial charge in [0.25, 0.3) is 0 Å². The Morgan fingerprint density at radius 1 is 0.708 bits per heavy atom. The van der Waals surface area contributed by atoms with E-state index in [1.165, 1.54) is 0 Å². The van der Waals surface area contributed by atoms with E-state index in [1.807, 2.05) is 60.7 Å². The molecule has 0 aromatic heterocycles. The van der Waals surface area contributed by atoms with Gasteiger partial charge in [0.1, 0.15) is 5.60 Å². The van der Waals surface area contributed by atoms with Crippen LogP contribution in [0.1, 0.15) is 63.5 Å². The smallest absolute Gasteiger partial charge is 0.115 e. The van der Waals surface area contributed by atoms with Crippen LogP contribution in [0.25, 0.3) is 0 Å². The summed E-state index contributed by atoms with van der Waals surface area (Å²) in [4.78, 5) is 0. The van der Waals surface area contributed by atoms with Crippen LogP contribution in [0.5, 0.6) is 0 Å². The molecule has 130 valence electrons. The van der Waals surface area contributed by atoms with E-state index in [2.05, 4.69) is 13.8 Å². The van der Waals surface area contributed by atoms with Gasteiger partial charge < -0.3 is 10.8 Å². The molecule has 3 N–H and O–H groups in total. The molecule has 2 nitrogen and oxygen atoms in total. The van der Waals surface area contributed by atoms with Gasteiger partial charge in [-0.1, -0.05) is 87.4 Å². The number of aliphatic hydroxyl groups is 1. The van der Waals surface area contributed by atoms with E-state index in [4.69, 9.17) is 5.73 Å². The first kappa shape index (κ1) is 18.7. The van der Waals surface area contributed by atoms with Crippen molar-refractivity contribution < 1.29 is 5.11 Å². The number of rotatable bonds is 9. The summed E-state index contributed by atoms with van der Waals surface area (Å²) in [5.41, 5.74) is 7.36. The summed E-state index contributed by atoms with van der Waals surface area (Å²) in [6.45, 7) is 4.36. The van der Waals surface area contributed by atoms with Gasteiger partial charge >= 0.3 is 0 Å². The zero-order valence-corrected chi connectivity index (χ0v) is 15.0. The Kier molecular flexibility index (Phi) is 6.59. The average molecular weight is 325 g/mol. The van der Waals surface area contributed by atoms with Gasteiger partial charge in [0.05, 0.1) is 0 Å². The predicted molar refractivity (Wildman–Crippen MR) is 102 cm³/mol. The summed E-state index contributed by atoms with van der Waals surface area (Å²) in [5.74, 6) is 0. The number of benzene rings is 2. The molecule has 24 heavy (non-hydrogen) atoms. The third kappa shape index (κ3) is 4.46. The minimum atomic E-state index is -0.991. The molecule has 0 saturated carbocycles. The quantitative estimate of drug-likeness (QED) is 0.681. The fourth-order valence-corrected chi connectivity index (χ4v) is 3.68. The van der Waals surface area contributed by atoms with E-state index in [9.17, 15) is 5.11 Å². The van der Waals surface area contributed by atoms with Crippen molar-refractivity contribution in [2.24, 2.45) is 5.73 Å². The second-order valence-corrected chi connectivity index (χ2v) is 6.95. The van der Waals surface area contributed by atoms with Gasteiger partial charge in [-0.2, -0.15) is 0 Å². The lowest BCUT2D eigenvalue weighted by Gasteiger charge is -2.35. The molecule has 0 radical (unpaired) electrons. The van der Waals surface area contributed by atoms with Crippen molar-refractivity contribution in [2.45, 2.75) is 63.5 Å². The maximum Gasteiger partial charge on any atom is 0.115 e. The van der Waals surface area contributed by atoms with Crippen molar-refractivity contribution in [1.82, 2.24) is 0 Å². The van der Waals surface area contributed by atoms with Crippen molar-refractivity contribution in [1.29, 1.82) is 0 Å². The van der Waals surface area contributed by atoms with Crippen LogP contribution in [-0.2, 0) is 5.60 Å². The first-order valence-corrected chi connectivity index (χ1v) is 9.16. The molecule has 0 fully saturated rings. The van der Waals surface area contributed by atoms with Crippen LogP contribution in [-0.4, -0.2) is 10.6 Å². The van der Waals surface area contributed by atoms with Crippen molar-refractivity contribution in [3.63, 3.8) is 0 Å². The maximum absolute atomic E-state index is 11.6. The topological polar surface area (TPSA) is 46.2 Å². The fraction of sp³-hybridized carbons (Fsp3) is 0.455. The maximum atomic E-state index is 11.6. The van der Waals surface area contributed by atoms with E-state index in [0.29, 0.717) is 6.42 Å². The summed E-state index contributed by atoms with van der Waals surface area (Å²) in [6.07, 6.45) is 5.60. The van der Waals surface area contributed by atoms with Gasteiger partial charge in [0.2, 0.25) is 0 Å². The molecule has 0 aliphatic heterocycles. The van der Waals surface area contributed by atoms with Crippen molar-refractivity contribution in [3.05, 3.63) is 71.8 Å². The number of hydrogen-bond acceptors (Lipinski definition) is 2. The fourth-order valence-electron chi connectivity index (χ4n) is 3.68. The van der Waals surface area contributed by atoms with Gasteiger partial charge in [0.15, 0.2) is 0 Å². The molecule has 0 unspecified atom stereocenters. The summed E-state index contributed by atoms with van der Waals surface area (Å²) in [6, 6.07) is 19.9. The Morgan fingerprint density at radius 2 is 1.12 bits per heavy atom. The molecule has 0 amide bonds. The third-order valence-corrected chi connectivity index (χ3v) is 4.98. The van der Waals surface area contributed by atoms with Crippen LogP contribution in [0, 0.1) is 0 Å². The Bertz CT molecular complexity index is 548. The molecule has 0 saturated heterocycles. The average Bonchev–Trinajstić information content (AvgIpc) is 2.62. The molecule has 2 rings (SSSR count). The highest BCUT2D eigenvalue weighted by Gasteiger charge is 2.34. The van der Waals surface area contributed by atoms with Gasteiger partial charge in [0, 0.05) is 5.54 Å². The van der Waals surface area contributed by atoms with Crippen LogP contribution in [0.15, 0.2) is 60.7 Å². The van der Waals surface area contributed by atoms with E-state index in [1.54, 1.807) is 0 Å². The molecule has 0 heterocycles. The lowest BCUT2D eigenvalue weighted by Crippen LogP contribution is -2.42. The number of hydrogen-bond donors (Lipinski definition) is 2. The van der Waals surface area contributed by atoms with E-state index >= 15 is 0 Å². The van der Waals surface area contributed by atoms with Crippen molar-refractivity contribution >= 4 is 0 Å². The molecule has 0 aliphatic rings. The van der Waals surface area contributed by atoms with Crippen LogP contribution < -0.4 is 5.73 Å². The van der Waals surface area contributed by atoms with Gasteiger partial charge in [-0.3, -0.25) is 0 Å². The van der Waals surface area contributed by atoms with Crippen LogP contribution in [0.3, 0.4) is 0 Å². The molecule has 0 spiro atoms. The van der Waals surface area contributed by atoms with E-state index < -0.39 is 5.60 Å². The van der Waals surface area contributed by atoms with Crippen LogP contribution in [0.2, 0.25) is 0 Å². The molecule has 2 aromatic rings. The van der Waals surface area contributed by atoms with E-state index in [-0.39, 0.29) is 5.54 Å². The Balaban J connectivity index is 2.31. The zero-order valence-electron chi connectivity index (χ0n) is 15.0. The van der Waals surface area contributed by atoms with Crippen LogP contribution >= 0.6 is 0 Å². The highest BCUT2D eigenvalue weighted by atomic mass is 16.3. The highest BCUT2D eigenvalue weighted by molar-refractivity contribution is 5.35. The van der Waals surface area contributed by atoms with Gasteiger partial charge in [-0.25, -0.2) is 0 Å². The Labute approximate surface area is 146 Å². The van der Waals surface area contributed by atoms with Crippen molar-refractivity contribution in [2.75, 3.05) is 0 Å². The molecular formula is C22H31NO. The highest BCUT2D eigenvalue weighted by Crippen LogP contribution is 2.37. The predicted octanol–water partition coefficient (Wildman–Crippen LogP) is 5.00. The van der Waals surface area contributed by atoms with Crippen molar-refractivity contribution in [3.8, 4) is 0 Å². The molecule has 2 heteroatoms. The Morgan fingerprint density at radius 3 is 1.50 bits per heavy atom. The monoisotopic (exact) mass is 325 g/mol. The lowest BCUT2D eigenvalue weighted by atomic mass is 9.76. The molecule has 0 aliphatic carbocycles. The Hall–Kier alpha value is -1.64. The molecule has 0 atom stereocenters. The lowest BCUT2D eigenvalue weighted by molar-refractivity contribution is 0.0591. The molecule has 2 aromatic carbocycles. The first-order chi connectivity index (χ1) is 11.5. The zero-order chi connectivity index (χ0) is 17.5. The largest absolute Gasteiger partial charge is 0.380 e. The molecular weight excluding hydrogens is 294 g/mol. The summed E-state index contributed by atoms with van der Waals surface area (Å²) in [7, 11) is 0. The SMILES string of the molecule is CCCC(N)(CCC)CCC(O)(c1ccccc1)c1ccccc1. The third-order valence-electron chi connectivity index (χ3n) is 4.98. The second kappa shape index (κ2) is 8.46. The number of nitrogens with two attached hydrogens (primary N) is 1. The van der Waals surface area contributed by atoms with Crippen LogP contribution in [0.4, 0.5) is 0 Å². The minimum Gasteiger partial charge on any atom is -0.380 e. The summed E-state index contributed by atoms with van der Waals surface area (Å²) < 4.78 is 0. The summed E-state index contributed by atoms with van der Waals surface area (Å²) in [5, 5.41) is 11.6. The second-order valence-electron chi connectivity index (χ2n) is 6.95. The summed E-state index contributed by atoms with van der Waals surface area (Å²) >= 11 is 0. The van der Waals surface area contributed by atoms with E-state index in [0.717, 1.165) is 43.2 Å². The normalized spacial score (nSPS) is 12.3. The van der Waals surface area contributed by atoms with Gasteiger partial charge in [-0.05, 0) is 36.8 Å². The molecule has 0 bridgehead atoms.